The van der Waals surface area contributed by atoms with Gasteiger partial charge in [0.25, 0.3) is 0 Å². The van der Waals surface area contributed by atoms with Crippen LogP contribution >= 0.6 is 0 Å². The van der Waals surface area contributed by atoms with Gasteiger partial charge in [0.15, 0.2) is 0 Å². The van der Waals surface area contributed by atoms with E-state index < -0.39 is 30.4 Å². The molecule has 0 spiro atoms. The van der Waals surface area contributed by atoms with E-state index in [1.165, 1.54) is 56.2 Å². The van der Waals surface area contributed by atoms with E-state index in [0.29, 0.717) is 11.5 Å². The predicted molar refractivity (Wildman–Crippen MR) is 110 cm³/mol. The summed E-state index contributed by atoms with van der Waals surface area (Å²) in [5.74, 6) is -2.71. The van der Waals surface area contributed by atoms with Crippen LogP contribution in [0.5, 0.6) is 0 Å². The molecule has 0 aromatic heterocycles. The molecule has 0 saturated heterocycles. The second-order valence-corrected chi connectivity index (χ2v) is 8.86. The van der Waals surface area contributed by atoms with Crippen LogP contribution in [0, 0.1) is 5.92 Å². The quantitative estimate of drug-likeness (QED) is 0.440. The zero-order valence-electron chi connectivity index (χ0n) is 17.5. The second-order valence-electron chi connectivity index (χ2n) is 8.86. The van der Waals surface area contributed by atoms with Crippen LogP contribution in [0.4, 0.5) is 22.0 Å². The largest absolute Gasteiger partial charge is 0.420 e. The Morgan fingerprint density at radius 1 is 0.935 bits per heavy atom. The molecule has 1 nitrogen and oxygen atoms in total. The zero-order chi connectivity index (χ0) is 22.2. The molecule has 31 heavy (non-hydrogen) atoms. The molecule has 1 fully saturated rings. The number of benzene rings is 2. The molecule has 1 unspecified atom stereocenters. The molecule has 1 aliphatic carbocycles. The number of fused-ring (bicyclic) bond motifs is 1. The van der Waals surface area contributed by atoms with Gasteiger partial charge in [-0.05, 0) is 65.8 Å². The summed E-state index contributed by atoms with van der Waals surface area (Å²) >= 11 is 0. The van der Waals surface area contributed by atoms with Crippen molar-refractivity contribution in [3.05, 3.63) is 59.2 Å². The lowest BCUT2D eigenvalue weighted by molar-refractivity contribution is -0.299. The second kappa shape index (κ2) is 8.53. The maximum Gasteiger partial charge on any atom is 0.420 e. The Kier molecular flexibility index (Phi) is 6.12. The van der Waals surface area contributed by atoms with E-state index in [1.807, 2.05) is 12.1 Å². The fraction of sp³-hybridized carbons (Fsp3) is 0.520. The molecule has 6 heteroatoms. The van der Waals surface area contributed by atoms with Crippen LogP contribution < -0.4 is 0 Å². The number of hydrogen-bond donors (Lipinski definition) is 0. The molecule has 1 saturated carbocycles. The molecular formula is C25H27F5O. The number of alkyl halides is 5. The minimum Gasteiger partial charge on any atom is -0.358 e. The Hall–Kier alpha value is -1.95. The van der Waals surface area contributed by atoms with Crippen molar-refractivity contribution >= 4 is 0 Å². The van der Waals surface area contributed by atoms with Gasteiger partial charge in [-0.2, -0.15) is 22.0 Å². The van der Waals surface area contributed by atoms with Crippen LogP contribution in [0.3, 0.4) is 0 Å². The molecule has 0 N–H and O–H groups in total. The van der Waals surface area contributed by atoms with Crippen molar-refractivity contribution in [2.45, 2.75) is 76.2 Å². The first-order valence-electron chi connectivity index (χ1n) is 11.0. The van der Waals surface area contributed by atoms with Gasteiger partial charge >= 0.3 is 12.1 Å². The molecule has 2 aromatic rings. The summed E-state index contributed by atoms with van der Waals surface area (Å²) in [7, 11) is 0. The van der Waals surface area contributed by atoms with Crippen LogP contribution in [-0.2, 0) is 17.3 Å². The summed E-state index contributed by atoms with van der Waals surface area (Å²) in [6.07, 6.45) is -0.785. The monoisotopic (exact) mass is 438 g/mol. The molecule has 1 heterocycles. The molecular weight excluding hydrogens is 411 g/mol. The van der Waals surface area contributed by atoms with Gasteiger partial charge in [-0.15, -0.1) is 0 Å². The Labute approximate surface area is 179 Å². The van der Waals surface area contributed by atoms with Crippen molar-refractivity contribution in [1.29, 1.82) is 0 Å². The van der Waals surface area contributed by atoms with Gasteiger partial charge in [-0.3, -0.25) is 0 Å². The molecule has 0 amide bonds. The molecule has 4 rings (SSSR count). The highest BCUT2D eigenvalue weighted by molar-refractivity contribution is 5.65. The van der Waals surface area contributed by atoms with E-state index >= 15 is 0 Å². The molecule has 1 aliphatic heterocycles. The highest BCUT2D eigenvalue weighted by atomic mass is 19.4. The summed E-state index contributed by atoms with van der Waals surface area (Å²) < 4.78 is 72.1. The molecule has 2 aromatic carbocycles. The van der Waals surface area contributed by atoms with E-state index in [4.69, 9.17) is 0 Å². The third-order valence-electron chi connectivity index (χ3n) is 6.76. The maximum absolute atomic E-state index is 14.4. The molecule has 1 atom stereocenters. The van der Waals surface area contributed by atoms with Crippen LogP contribution in [0.1, 0.15) is 68.1 Å². The minimum absolute atomic E-state index is 0.0984. The van der Waals surface area contributed by atoms with E-state index in [2.05, 4.69) is 23.8 Å². The molecule has 0 bridgehead atoms. The van der Waals surface area contributed by atoms with Crippen molar-refractivity contribution in [1.82, 2.24) is 0 Å². The average molecular weight is 438 g/mol. The number of ether oxygens (including phenoxy) is 1. The van der Waals surface area contributed by atoms with Gasteiger partial charge in [0, 0.05) is 5.56 Å². The fourth-order valence-corrected chi connectivity index (χ4v) is 5.08. The van der Waals surface area contributed by atoms with E-state index in [0.717, 1.165) is 17.5 Å². The van der Waals surface area contributed by atoms with Crippen LogP contribution in [0.2, 0.25) is 0 Å². The predicted octanol–water partition coefficient (Wildman–Crippen LogP) is 7.98. The van der Waals surface area contributed by atoms with Gasteiger partial charge in [0.2, 0.25) is 6.10 Å². The van der Waals surface area contributed by atoms with E-state index in [-0.39, 0.29) is 5.56 Å². The normalized spacial score (nSPS) is 25.8. The highest BCUT2D eigenvalue weighted by Gasteiger charge is 2.60. The standard InChI is InChI=1S/C25H27F5O/c1-2-3-16-4-6-17(7-5-16)18-8-10-19(11-9-18)20-12-13-22-21(14-20)15-31-23(24(22,26)27)25(28,29)30/h8-14,16-17,23H,2-7,15H2,1H3. The lowest BCUT2D eigenvalue weighted by Crippen LogP contribution is -2.47. The summed E-state index contributed by atoms with van der Waals surface area (Å²) in [5, 5.41) is 0. The van der Waals surface area contributed by atoms with Crippen molar-refractivity contribution < 1.29 is 26.7 Å². The maximum atomic E-state index is 14.4. The van der Waals surface area contributed by atoms with Gasteiger partial charge < -0.3 is 4.74 Å². The number of halogens is 5. The Morgan fingerprint density at radius 3 is 2.19 bits per heavy atom. The van der Waals surface area contributed by atoms with Crippen molar-refractivity contribution in [2.75, 3.05) is 0 Å². The Bertz CT molecular complexity index is 895. The van der Waals surface area contributed by atoms with Crippen LogP contribution in [0.25, 0.3) is 11.1 Å². The van der Waals surface area contributed by atoms with Crippen LogP contribution in [0.15, 0.2) is 42.5 Å². The first kappa shape index (κ1) is 22.3. The third-order valence-corrected chi connectivity index (χ3v) is 6.76. The fourth-order valence-electron chi connectivity index (χ4n) is 5.08. The average Bonchev–Trinajstić information content (AvgIpc) is 2.73. The van der Waals surface area contributed by atoms with Crippen molar-refractivity contribution in [2.24, 2.45) is 5.92 Å². The highest BCUT2D eigenvalue weighted by Crippen LogP contribution is 2.47. The zero-order valence-corrected chi connectivity index (χ0v) is 17.5. The number of hydrogen-bond acceptors (Lipinski definition) is 1. The third kappa shape index (κ3) is 4.50. The topological polar surface area (TPSA) is 9.23 Å². The summed E-state index contributed by atoms with van der Waals surface area (Å²) in [4.78, 5) is 0. The molecule has 0 radical (unpaired) electrons. The summed E-state index contributed by atoms with van der Waals surface area (Å²) in [6, 6.07) is 12.2. The summed E-state index contributed by atoms with van der Waals surface area (Å²) in [6.45, 7) is 1.75. The Balaban J connectivity index is 1.50. The smallest absolute Gasteiger partial charge is 0.358 e. The lowest BCUT2D eigenvalue weighted by atomic mass is 9.77. The number of rotatable bonds is 4. The SMILES string of the molecule is CCCC1CCC(c2ccc(-c3ccc4c(c3)COC(C(F)(F)F)C4(F)F)cc2)CC1. The first-order valence-corrected chi connectivity index (χ1v) is 11.0. The molecule has 168 valence electrons. The van der Waals surface area contributed by atoms with E-state index in [1.54, 1.807) is 0 Å². The van der Waals surface area contributed by atoms with Gasteiger partial charge in [-0.25, -0.2) is 0 Å². The van der Waals surface area contributed by atoms with E-state index in [9.17, 15) is 22.0 Å². The lowest BCUT2D eigenvalue weighted by Gasteiger charge is -2.34. The van der Waals surface area contributed by atoms with Gasteiger partial charge in [0.1, 0.15) is 0 Å². The Morgan fingerprint density at radius 2 is 1.58 bits per heavy atom. The first-order chi connectivity index (χ1) is 14.7. The van der Waals surface area contributed by atoms with Crippen LogP contribution in [-0.4, -0.2) is 12.3 Å². The summed E-state index contributed by atoms with van der Waals surface area (Å²) in [5.41, 5.74) is 2.33. The minimum atomic E-state index is -5.12. The van der Waals surface area contributed by atoms with Crippen molar-refractivity contribution in [3.63, 3.8) is 0 Å². The van der Waals surface area contributed by atoms with Gasteiger partial charge in [0.05, 0.1) is 6.61 Å². The van der Waals surface area contributed by atoms with Crippen molar-refractivity contribution in [3.8, 4) is 11.1 Å². The molecule has 2 aliphatic rings. The van der Waals surface area contributed by atoms with Gasteiger partial charge in [-0.1, -0.05) is 56.2 Å².